The fourth-order valence-corrected chi connectivity index (χ4v) is 0.858. The van der Waals surface area contributed by atoms with Crippen LogP contribution in [-0.2, 0) is 0 Å². The summed E-state index contributed by atoms with van der Waals surface area (Å²) in [5.41, 5.74) is 1.61. The Morgan fingerprint density at radius 3 is 2.64 bits per heavy atom. The molecule has 0 spiro atoms. The average molecular weight is 145 g/mol. The molecule has 0 saturated carbocycles. The molecule has 1 heterocycles. The summed E-state index contributed by atoms with van der Waals surface area (Å²) in [5.74, 6) is 0. The molecule has 2 aromatic rings. The van der Waals surface area contributed by atoms with Crippen molar-refractivity contribution in [2.24, 2.45) is 0 Å². The minimum Gasteiger partial charge on any atom is -0.333 e. The highest BCUT2D eigenvalue weighted by Gasteiger charge is 1.99. The zero-order valence-corrected chi connectivity index (χ0v) is 5.69. The molecular formula is C8H5N2O. The molecule has 1 radical (unpaired) electrons. The molecular weight excluding hydrogens is 140 g/mol. The minimum atomic E-state index is 0.644. The van der Waals surface area contributed by atoms with Crippen LogP contribution in [0.1, 0.15) is 0 Å². The number of rotatable bonds is 1. The van der Waals surface area contributed by atoms with Gasteiger partial charge in [0.2, 0.25) is 6.26 Å². The lowest BCUT2D eigenvalue weighted by Crippen LogP contribution is -1.75. The molecule has 3 heteroatoms. The van der Waals surface area contributed by atoms with Gasteiger partial charge in [-0.25, -0.2) is 0 Å². The number of hydrogen-bond acceptors (Lipinski definition) is 3. The Hall–Kier alpha value is -1.64. The lowest BCUT2D eigenvalue weighted by atomic mass is 10.2. The molecule has 0 aliphatic carbocycles. The maximum Gasteiger partial charge on any atom is 0.235 e. The summed E-state index contributed by atoms with van der Waals surface area (Å²) in [4.78, 5) is 0. The van der Waals surface area contributed by atoms with E-state index in [2.05, 4.69) is 21.2 Å². The largest absolute Gasteiger partial charge is 0.333 e. The smallest absolute Gasteiger partial charge is 0.235 e. The molecule has 2 rings (SSSR count). The molecule has 1 aromatic heterocycles. The first kappa shape index (κ1) is 6.09. The quantitative estimate of drug-likeness (QED) is 0.610. The van der Waals surface area contributed by atoms with Crippen molar-refractivity contribution >= 4 is 0 Å². The van der Waals surface area contributed by atoms with Gasteiger partial charge in [-0.15, -0.1) is 5.10 Å². The van der Waals surface area contributed by atoms with Gasteiger partial charge in [-0.1, -0.05) is 30.3 Å². The van der Waals surface area contributed by atoms with E-state index < -0.39 is 0 Å². The van der Waals surface area contributed by atoms with Gasteiger partial charge in [0, 0.05) is 10.8 Å². The second-order valence-electron chi connectivity index (χ2n) is 2.09. The number of hydrogen-bond donors (Lipinski definition) is 0. The summed E-state index contributed by atoms with van der Waals surface area (Å²) >= 11 is 0. The molecule has 0 bridgehead atoms. The van der Waals surface area contributed by atoms with Crippen molar-refractivity contribution in [2.45, 2.75) is 0 Å². The summed E-state index contributed by atoms with van der Waals surface area (Å²) in [5, 5.41) is 7.03. The van der Waals surface area contributed by atoms with Gasteiger partial charge in [-0.3, -0.25) is 0 Å². The lowest BCUT2D eigenvalue weighted by Gasteiger charge is -1.89. The highest BCUT2D eigenvalue weighted by atomic mass is 16.5. The third-order valence-electron chi connectivity index (χ3n) is 1.37. The van der Waals surface area contributed by atoms with E-state index in [1.807, 2.05) is 30.3 Å². The zero-order chi connectivity index (χ0) is 7.52. The van der Waals surface area contributed by atoms with E-state index in [4.69, 9.17) is 0 Å². The summed E-state index contributed by atoms with van der Waals surface area (Å²) in [6.07, 6.45) is 2.56. The molecule has 0 aliphatic heterocycles. The van der Waals surface area contributed by atoms with E-state index >= 15 is 0 Å². The van der Waals surface area contributed by atoms with Gasteiger partial charge in [0.1, 0.15) is 5.69 Å². The van der Waals surface area contributed by atoms with Gasteiger partial charge >= 0.3 is 0 Å². The van der Waals surface area contributed by atoms with Crippen LogP contribution in [0.4, 0.5) is 0 Å². The second-order valence-corrected chi connectivity index (χ2v) is 2.09. The van der Waals surface area contributed by atoms with E-state index in [1.54, 1.807) is 0 Å². The van der Waals surface area contributed by atoms with Gasteiger partial charge in [0.05, 0.1) is 0 Å². The topological polar surface area (TPSA) is 38.9 Å². The van der Waals surface area contributed by atoms with Crippen molar-refractivity contribution in [3.05, 3.63) is 36.6 Å². The molecule has 0 fully saturated rings. The fraction of sp³-hybridized carbons (Fsp3) is 0. The van der Waals surface area contributed by atoms with Gasteiger partial charge in [0.15, 0.2) is 0 Å². The first-order chi connectivity index (χ1) is 5.47. The highest BCUT2D eigenvalue weighted by molar-refractivity contribution is 5.55. The molecule has 0 saturated heterocycles. The van der Waals surface area contributed by atoms with Crippen LogP contribution in [-0.4, -0.2) is 10.4 Å². The van der Waals surface area contributed by atoms with E-state index in [-0.39, 0.29) is 0 Å². The summed E-state index contributed by atoms with van der Waals surface area (Å²) in [6, 6.07) is 9.65. The van der Waals surface area contributed by atoms with Crippen LogP contribution in [0.3, 0.4) is 0 Å². The Kier molecular flexibility index (Phi) is 1.41. The van der Waals surface area contributed by atoms with Crippen molar-refractivity contribution in [1.82, 2.24) is 10.4 Å². The second kappa shape index (κ2) is 2.54. The van der Waals surface area contributed by atoms with Gasteiger partial charge in [-0.2, -0.15) is 0 Å². The van der Waals surface area contributed by atoms with E-state index in [0.29, 0.717) is 5.69 Å². The predicted molar refractivity (Wildman–Crippen MR) is 38.6 cm³/mol. The molecule has 11 heavy (non-hydrogen) atoms. The molecule has 3 nitrogen and oxygen atoms in total. The van der Waals surface area contributed by atoms with E-state index in [1.165, 1.54) is 0 Å². The lowest BCUT2D eigenvalue weighted by molar-refractivity contribution is 0.387. The SMILES string of the molecule is [c]1onnc1-c1ccccc1. The third kappa shape index (κ3) is 1.12. The summed E-state index contributed by atoms with van der Waals surface area (Å²) in [6.45, 7) is 0. The maximum absolute atomic E-state index is 4.48. The minimum absolute atomic E-state index is 0.644. The Morgan fingerprint density at radius 1 is 1.18 bits per heavy atom. The third-order valence-corrected chi connectivity index (χ3v) is 1.37. The summed E-state index contributed by atoms with van der Waals surface area (Å²) in [7, 11) is 0. The van der Waals surface area contributed by atoms with Gasteiger partial charge in [-0.05, 0) is 0 Å². The number of benzene rings is 1. The highest BCUT2D eigenvalue weighted by Crippen LogP contribution is 2.13. The number of aromatic nitrogens is 2. The van der Waals surface area contributed by atoms with Crippen LogP contribution in [0, 0.1) is 6.26 Å². The molecule has 0 amide bonds. The normalized spacial score (nSPS) is 9.82. The van der Waals surface area contributed by atoms with Crippen LogP contribution >= 0.6 is 0 Å². The van der Waals surface area contributed by atoms with Crippen molar-refractivity contribution < 1.29 is 4.52 Å². The van der Waals surface area contributed by atoms with Crippen LogP contribution in [0.15, 0.2) is 34.9 Å². The van der Waals surface area contributed by atoms with Crippen LogP contribution in [0.25, 0.3) is 11.3 Å². The molecule has 0 aliphatic rings. The first-order valence-corrected chi connectivity index (χ1v) is 3.22. The Morgan fingerprint density at radius 2 is 2.00 bits per heavy atom. The van der Waals surface area contributed by atoms with Crippen molar-refractivity contribution in [1.29, 1.82) is 0 Å². The Balaban J connectivity index is 2.46. The van der Waals surface area contributed by atoms with Crippen LogP contribution in [0.2, 0.25) is 0 Å². The van der Waals surface area contributed by atoms with E-state index in [9.17, 15) is 0 Å². The van der Waals surface area contributed by atoms with Gasteiger partial charge in [0.25, 0.3) is 0 Å². The van der Waals surface area contributed by atoms with Crippen molar-refractivity contribution in [2.75, 3.05) is 0 Å². The molecule has 53 valence electrons. The number of nitrogens with zero attached hydrogens (tertiary/aromatic N) is 2. The maximum atomic E-state index is 4.48. The van der Waals surface area contributed by atoms with Crippen molar-refractivity contribution in [3.8, 4) is 11.3 Å². The molecule has 0 N–H and O–H groups in total. The van der Waals surface area contributed by atoms with Gasteiger partial charge < -0.3 is 4.52 Å². The predicted octanol–water partition coefficient (Wildman–Crippen LogP) is 1.54. The Bertz CT molecular complexity index is 315. The molecule has 0 atom stereocenters. The fourth-order valence-electron chi connectivity index (χ4n) is 0.858. The zero-order valence-electron chi connectivity index (χ0n) is 5.69. The van der Waals surface area contributed by atoms with Crippen molar-refractivity contribution in [3.63, 3.8) is 0 Å². The van der Waals surface area contributed by atoms with Crippen LogP contribution in [0.5, 0.6) is 0 Å². The van der Waals surface area contributed by atoms with Crippen LogP contribution < -0.4 is 0 Å². The molecule has 1 aromatic carbocycles. The van der Waals surface area contributed by atoms with E-state index in [0.717, 1.165) is 5.56 Å². The summed E-state index contributed by atoms with van der Waals surface area (Å²) < 4.78 is 4.48. The Labute approximate surface area is 63.6 Å². The average Bonchev–Trinajstić information content (AvgIpc) is 2.58. The monoisotopic (exact) mass is 145 g/mol. The standard InChI is InChI=1S/C8H5N2O/c1-2-4-7(5-3-1)8-6-11-10-9-8/h1-5H. The first-order valence-electron chi connectivity index (χ1n) is 3.22. The molecule has 0 unspecified atom stereocenters.